The van der Waals surface area contributed by atoms with Crippen molar-refractivity contribution in [2.24, 2.45) is 0 Å². The predicted molar refractivity (Wildman–Crippen MR) is 186 cm³/mol. The van der Waals surface area contributed by atoms with E-state index in [9.17, 15) is 0 Å². The van der Waals surface area contributed by atoms with Crippen LogP contribution in [0.5, 0.6) is 0 Å². The molecule has 210 valence electrons. The Balaban J connectivity index is 1.15. The lowest BCUT2D eigenvalue weighted by atomic mass is 9.98. The van der Waals surface area contributed by atoms with Gasteiger partial charge in [0.25, 0.3) is 0 Å². The third kappa shape index (κ3) is 4.37. The van der Waals surface area contributed by atoms with Gasteiger partial charge in [-0.15, -0.1) is 0 Å². The van der Waals surface area contributed by atoms with Gasteiger partial charge in [-0.25, -0.2) is 9.97 Å². The molecule has 0 aliphatic heterocycles. The maximum absolute atomic E-state index is 6.38. The first-order valence-corrected chi connectivity index (χ1v) is 15.2. The average Bonchev–Trinajstić information content (AvgIpc) is 3.51. The van der Waals surface area contributed by atoms with Gasteiger partial charge in [-0.1, -0.05) is 127 Å². The van der Waals surface area contributed by atoms with E-state index in [1.165, 1.54) is 16.7 Å². The molecule has 2 aromatic heterocycles. The maximum Gasteiger partial charge on any atom is 0.160 e. The normalized spacial score (nSPS) is 11.6. The highest BCUT2D eigenvalue weighted by Crippen LogP contribution is 2.37. The summed E-state index contributed by atoms with van der Waals surface area (Å²) in [6.45, 7) is 0. The Hall–Kier alpha value is -6.06. The lowest BCUT2D eigenvalue weighted by Gasteiger charge is -2.11. The Morgan fingerprint density at radius 2 is 1.02 bits per heavy atom. The molecule has 0 atom stereocenters. The first kappa shape index (κ1) is 25.4. The van der Waals surface area contributed by atoms with Crippen molar-refractivity contribution < 1.29 is 4.42 Å². The standard InChI is InChI=1S/C42H26N2O/c1-2-9-27(10-3-1)31-11-8-12-32(25-31)28-17-20-30(21-18-28)42-43-38-15-6-4-14-36(38)40(44-42)33-22-19-29-23-24-35-34-13-5-7-16-39(34)45-41(35)37(29)26-33/h1-26H. The Kier molecular flexibility index (Phi) is 5.82. The molecule has 0 aliphatic rings. The third-order valence-electron chi connectivity index (χ3n) is 8.68. The number of hydrogen-bond acceptors (Lipinski definition) is 3. The largest absolute Gasteiger partial charge is 0.455 e. The van der Waals surface area contributed by atoms with Crippen LogP contribution in [0.4, 0.5) is 0 Å². The van der Waals surface area contributed by atoms with Gasteiger partial charge in [0.1, 0.15) is 11.2 Å². The highest BCUT2D eigenvalue weighted by molar-refractivity contribution is 6.15. The van der Waals surface area contributed by atoms with Crippen molar-refractivity contribution >= 4 is 43.6 Å². The van der Waals surface area contributed by atoms with Crippen LogP contribution in [0.3, 0.4) is 0 Å². The highest BCUT2D eigenvalue weighted by atomic mass is 16.3. The molecule has 0 aliphatic carbocycles. The molecular weight excluding hydrogens is 548 g/mol. The molecule has 0 saturated heterocycles. The van der Waals surface area contributed by atoms with Crippen molar-refractivity contribution in [3.63, 3.8) is 0 Å². The zero-order valence-corrected chi connectivity index (χ0v) is 24.3. The molecule has 0 spiro atoms. The molecule has 9 rings (SSSR count). The SMILES string of the molecule is c1ccc(-c2cccc(-c3ccc(-c4nc(-c5ccc6ccc7c8ccccc8oc7c6c5)c5ccccc5n4)cc3)c2)cc1. The fourth-order valence-corrected chi connectivity index (χ4v) is 6.40. The number of para-hydroxylation sites is 2. The van der Waals surface area contributed by atoms with Crippen molar-refractivity contribution in [3.05, 3.63) is 158 Å². The van der Waals surface area contributed by atoms with E-state index in [0.717, 1.165) is 66.0 Å². The molecule has 0 unspecified atom stereocenters. The van der Waals surface area contributed by atoms with E-state index < -0.39 is 0 Å². The maximum atomic E-state index is 6.38. The number of furan rings is 1. The van der Waals surface area contributed by atoms with Crippen LogP contribution in [-0.2, 0) is 0 Å². The summed E-state index contributed by atoms with van der Waals surface area (Å²) in [5.41, 5.74) is 10.4. The van der Waals surface area contributed by atoms with Crippen LogP contribution in [0.25, 0.3) is 88.5 Å². The average molecular weight is 575 g/mol. The van der Waals surface area contributed by atoms with E-state index in [1.54, 1.807) is 0 Å². The van der Waals surface area contributed by atoms with Crippen molar-refractivity contribution in [1.82, 2.24) is 9.97 Å². The second-order valence-corrected chi connectivity index (χ2v) is 11.4. The first-order valence-electron chi connectivity index (χ1n) is 15.2. The minimum Gasteiger partial charge on any atom is -0.455 e. The van der Waals surface area contributed by atoms with E-state index in [-0.39, 0.29) is 0 Å². The molecule has 45 heavy (non-hydrogen) atoms. The number of nitrogens with zero attached hydrogens (tertiary/aromatic N) is 2. The van der Waals surface area contributed by atoms with Crippen molar-refractivity contribution in [1.29, 1.82) is 0 Å². The van der Waals surface area contributed by atoms with Gasteiger partial charge in [0.05, 0.1) is 11.2 Å². The Labute approximate surface area is 260 Å². The highest BCUT2D eigenvalue weighted by Gasteiger charge is 2.15. The third-order valence-corrected chi connectivity index (χ3v) is 8.68. The smallest absolute Gasteiger partial charge is 0.160 e. The van der Waals surface area contributed by atoms with E-state index in [4.69, 9.17) is 14.4 Å². The number of benzene rings is 7. The molecule has 7 aromatic carbocycles. The lowest BCUT2D eigenvalue weighted by Crippen LogP contribution is -1.95. The van der Waals surface area contributed by atoms with Crippen molar-refractivity contribution in [2.45, 2.75) is 0 Å². The predicted octanol–water partition coefficient (Wildman–Crippen LogP) is 11.4. The summed E-state index contributed by atoms with van der Waals surface area (Å²) in [4.78, 5) is 10.2. The second kappa shape index (κ2) is 10.3. The van der Waals surface area contributed by atoms with Gasteiger partial charge in [-0.2, -0.15) is 0 Å². The summed E-state index contributed by atoms with van der Waals surface area (Å²) in [7, 11) is 0. The number of aromatic nitrogens is 2. The van der Waals surface area contributed by atoms with Crippen LogP contribution in [0.1, 0.15) is 0 Å². The monoisotopic (exact) mass is 574 g/mol. The van der Waals surface area contributed by atoms with Crippen LogP contribution in [0, 0.1) is 0 Å². The van der Waals surface area contributed by atoms with Crippen LogP contribution < -0.4 is 0 Å². The Bertz CT molecular complexity index is 2530. The van der Waals surface area contributed by atoms with Crippen molar-refractivity contribution in [3.8, 4) is 44.9 Å². The molecule has 0 saturated carbocycles. The molecule has 0 radical (unpaired) electrons. The fourth-order valence-electron chi connectivity index (χ4n) is 6.40. The molecule has 0 N–H and O–H groups in total. The van der Waals surface area contributed by atoms with Gasteiger partial charge < -0.3 is 4.42 Å². The lowest BCUT2D eigenvalue weighted by molar-refractivity contribution is 0.672. The fraction of sp³-hybridized carbons (Fsp3) is 0. The van der Waals surface area contributed by atoms with E-state index >= 15 is 0 Å². The summed E-state index contributed by atoms with van der Waals surface area (Å²) in [6, 6.07) is 55.0. The van der Waals surface area contributed by atoms with Crippen LogP contribution in [0.15, 0.2) is 162 Å². The topological polar surface area (TPSA) is 38.9 Å². The van der Waals surface area contributed by atoms with Gasteiger partial charge in [0.2, 0.25) is 0 Å². The number of rotatable bonds is 4. The molecule has 0 bridgehead atoms. The number of hydrogen-bond donors (Lipinski definition) is 0. The van der Waals surface area contributed by atoms with Gasteiger partial charge in [-0.05, 0) is 58.0 Å². The molecule has 0 fully saturated rings. The summed E-state index contributed by atoms with van der Waals surface area (Å²) in [6.07, 6.45) is 0. The van der Waals surface area contributed by atoms with Gasteiger partial charge >= 0.3 is 0 Å². The zero-order valence-electron chi connectivity index (χ0n) is 24.3. The van der Waals surface area contributed by atoms with Crippen LogP contribution >= 0.6 is 0 Å². The summed E-state index contributed by atoms with van der Waals surface area (Å²) < 4.78 is 6.38. The Morgan fingerprint density at radius 3 is 1.87 bits per heavy atom. The molecular formula is C42H26N2O. The zero-order chi connectivity index (χ0) is 29.7. The summed E-state index contributed by atoms with van der Waals surface area (Å²) in [5, 5.41) is 5.48. The van der Waals surface area contributed by atoms with Crippen LogP contribution in [-0.4, -0.2) is 9.97 Å². The second-order valence-electron chi connectivity index (χ2n) is 11.4. The molecule has 3 nitrogen and oxygen atoms in total. The van der Waals surface area contributed by atoms with Gasteiger partial charge in [0, 0.05) is 32.7 Å². The molecule has 3 heteroatoms. The van der Waals surface area contributed by atoms with Gasteiger partial charge in [-0.3, -0.25) is 0 Å². The summed E-state index contributed by atoms with van der Waals surface area (Å²) in [5.74, 6) is 0.704. The number of fused-ring (bicyclic) bond motifs is 6. The molecule has 0 amide bonds. The van der Waals surface area contributed by atoms with Gasteiger partial charge in [0.15, 0.2) is 5.82 Å². The van der Waals surface area contributed by atoms with Crippen molar-refractivity contribution in [2.75, 3.05) is 0 Å². The summed E-state index contributed by atoms with van der Waals surface area (Å²) >= 11 is 0. The van der Waals surface area contributed by atoms with Crippen LogP contribution in [0.2, 0.25) is 0 Å². The minimum absolute atomic E-state index is 0.704. The molecule has 9 aromatic rings. The Morgan fingerprint density at radius 1 is 0.378 bits per heavy atom. The van der Waals surface area contributed by atoms with E-state index in [1.807, 2.05) is 30.3 Å². The molecule has 2 heterocycles. The quantitative estimate of drug-likeness (QED) is 0.210. The first-order chi connectivity index (χ1) is 22.3. The van der Waals surface area contributed by atoms with E-state index in [2.05, 4.69) is 127 Å². The van der Waals surface area contributed by atoms with E-state index in [0.29, 0.717) is 5.82 Å². The minimum atomic E-state index is 0.704.